The molecule has 5 atom stereocenters. The van der Waals surface area contributed by atoms with Gasteiger partial charge in [0.15, 0.2) is 0 Å². The van der Waals surface area contributed by atoms with Gasteiger partial charge in [-0.1, -0.05) is 88.4 Å². The maximum Gasteiger partial charge on any atom is 0.238 e. The summed E-state index contributed by atoms with van der Waals surface area (Å²) in [6.45, 7) is 12.8. The second-order valence-electron chi connectivity index (χ2n) is 13.4. The lowest BCUT2D eigenvalue weighted by Crippen LogP contribution is -2.58. The molecule has 1 spiro atoms. The van der Waals surface area contributed by atoms with Gasteiger partial charge in [-0.3, -0.25) is 9.69 Å². The van der Waals surface area contributed by atoms with Crippen LogP contribution in [0.3, 0.4) is 0 Å². The van der Waals surface area contributed by atoms with Gasteiger partial charge in [0.25, 0.3) is 0 Å². The molecule has 0 N–H and O–H groups in total. The Hall–Kier alpha value is -2.61. The summed E-state index contributed by atoms with van der Waals surface area (Å²) in [5.74, 6) is 7.34. The molecule has 4 heteroatoms. The molecule has 5 aliphatic rings. The number of rotatable bonds is 2. The van der Waals surface area contributed by atoms with E-state index in [9.17, 15) is 4.79 Å². The van der Waals surface area contributed by atoms with E-state index in [0.717, 1.165) is 36.2 Å². The Bertz CT molecular complexity index is 1370. The van der Waals surface area contributed by atoms with Gasteiger partial charge in [0.2, 0.25) is 5.91 Å². The number of piperidine rings is 2. The zero-order valence-electron chi connectivity index (χ0n) is 23.5. The Balaban J connectivity index is 1.39. The van der Waals surface area contributed by atoms with Crippen LogP contribution < -0.4 is 4.90 Å². The SMILES string of the molecule is CC(C)C#Cc1cccc2c1N(Cc1ccccc1)C(=O)[C@]21C[C@]23CN4[C@H](CCC[C@@H]4C)C[C@]2(O3)C1(C)C. The molecule has 0 radical (unpaired) electrons. The smallest absolute Gasteiger partial charge is 0.238 e. The fraction of sp³-hybridized carbons (Fsp3) is 0.559. The van der Waals surface area contributed by atoms with Crippen molar-refractivity contribution in [3.8, 4) is 11.8 Å². The number of epoxide rings is 1. The molecule has 2 aromatic rings. The first kappa shape index (κ1) is 24.4. The van der Waals surface area contributed by atoms with E-state index in [2.05, 4.69) is 98.7 Å². The standard InChI is InChI=1S/C34H40N2O2/c1-23(2)17-18-26-14-10-16-28-29(26)35(20-25-12-7-6-8-13-25)30(37)33(28)21-32-22-36-24(3)11-9-15-27(36)19-34(32,38-32)31(33,4)5/h6-8,10,12-14,16,23-24,27H,9,11,15,19-22H2,1-5H3/t24-,27+,32-,33-,34-/m0/s1. The topological polar surface area (TPSA) is 36.1 Å². The van der Waals surface area contributed by atoms with Gasteiger partial charge in [-0.2, -0.15) is 0 Å². The average Bonchev–Trinajstić information content (AvgIpc) is 3.45. The highest BCUT2D eigenvalue weighted by Gasteiger charge is 2.90. The summed E-state index contributed by atoms with van der Waals surface area (Å²) < 4.78 is 6.92. The summed E-state index contributed by atoms with van der Waals surface area (Å²) in [5.41, 5.74) is 2.89. The van der Waals surface area contributed by atoms with Crippen LogP contribution >= 0.6 is 0 Å². The minimum atomic E-state index is -0.608. The first-order valence-electron chi connectivity index (χ1n) is 14.6. The maximum atomic E-state index is 15.0. The predicted molar refractivity (Wildman–Crippen MR) is 151 cm³/mol. The van der Waals surface area contributed by atoms with Crippen molar-refractivity contribution in [3.63, 3.8) is 0 Å². The first-order valence-corrected chi connectivity index (χ1v) is 14.6. The number of benzene rings is 2. The van der Waals surface area contributed by atoms with Crippen LogP contribution in [-0.4, -0.2) is 40.6 Å². The molecule has 1 amide bonds. The quantitative estimate of drug-likeness (QED) is 0.365. The highest BCUT2D eigenvalue weighted by Crippen LogP contribution is 2.80. The summed E-state index contributed by atoms with van der Waals surface area (Å²) in [5, 5.41) is 0. The van der Waals surface area contributed by atoms with Crippen molar-refractivity contribution < 1.29 is 9.53 Å². The van der Waals surface area contributed by atoms with Crippen LogP contribution in [0.1, 0.15) is 83.4 Å². The van der Waals surface area contributed by atoms with Crippen molar-refractivity contribution in [3.05, 3.63) is 65.2 Å². The Morgan fingerprint density at radius 1 is 1.08 bits per heavy atom. The lowest BCUT2D eigenvalue weighted by molar-refractivity contribution is -0.130. The molecule has 38 heavy (non-hydrogen) atoms. The molecule has 1 aliphatic carbocycles. The first-order chi connectivity index (χ1) is 18.2. The Labute approximate surface area is 227 Å². The van der Waals surface area contributed by atoms with E-state index in [1.54, 1.807) is 0 Å². The predicted octanol–water partition coefficient (Wildman–Crippen LogP) is 6.06. The number of ether oxygens (including phenoxy) is 1. The number of anilines is 1. The van der Waals surface area contributed by atoms with Gasteiger partial charge in [0.05, 0.1) is 17.6 Å². The highest BCUT2D eigenvalue weighted by atomic mass is 16.6. The van der Waals surface area contributed by atoms with Crippen molar-refractivity contribution in [2.24, 2.45) is 11.3 Å². The molecular weight excluding hydrogens is 468 g/mol. The number of carbonyl (C=O) groups is 1. The Kier molecular flexibility index (Phi) is 5.12. The van der Waals surface area contributed by atoms with Gasteiger partial charge in [0, 0.05) is 35.5 Å². The maximum absolute atomic E-state index is 15.0. The monoisotopic (exact) mass is 508 g/mol. The average molecular weight is 509 g/mol. The number of carbonyl (C=O) groups excluding carboxylic acids is 1. The summed E-state index contributed by atoms with van der Waals surface area (Å²) >= 11 is 0. The molecule has 198 valence electrons. The second kappa shape index (κ2) is 7.96. The summed E-state index contributed by atoms with van der Waals surface area (Å²) in [7, 11) is 0. The largest absolute Gasteiger partial charge is 0.360 e. The minimum Gasteiger partial charge on any atom is -0.360 e. The number of nitrogens with zero attached hydrogens (tertiary/aromatic N) is 2. The van der Waals surface area contributed by atoms with Crippen LogP contribution in [-0.2, 0) is 21.5 Å². The molecule has 1 saturated carbocycles. The lowest BCUT2D eigenvalue weighted by atomic mass is 9.59. The van der Waals surface area contributed by atoms with E-state index in [0.29, 0.717) is 18.6 Å². The molecule has 0 bridgehead atoms. The van der Waals surface area contributed by atoms with Gasteiger partial charge in [0.1, 0.15) is 11.2 Å². The van der Waals surface area contributed by atoms with E-state index < -0.39 is 5.41 Å². The number of hydrogen-bond acceptors (Lipinski definition) is 3. The van der Waals surface area contributed by atoms with E-state index >= 15 is 0 Å². The summed E-state index contributed by atoms with van der Waals surface area (Å²) in [4.78, 5) is 19.8. The van der Waals surface area contributed by atoms with Gasteiger partial charge < -0.3 is 9.64 Å². The van der Waals surface area contributed by atoms with E-state index in [4.69, 9.17) is 4.74 Å². The number of para-hydroxylation sites is 1. The van der Waals surface area contributed by atoms with Crippen LogP contribution in [0.25, 0.3) is 0 Å². The Morgan fingerprint density at radius 2 is 1.87 bits per heavy atom. The third kappa shape index (κ3) is 2.93. The second-order valence-corrected chi connectivity index (χ2v) is 13.4. The van der Waals surface area contributed by atoms with Crippen LogP contribution in [0.2, 0.25) is 0 Å². The van der Waals surface area contributed by atoms with Crippen molar-refractivity contribution in [1.82, 2.24) is 4.90 Å². The van der Waals surface area contributed by atoms with Crippen LogP contribution in [0.15, 0.2) is 48.5 Å². The van der Waals surface area contributed by atoms with Crippen LogP contribution in [0, 0.1) is 23.2 Å². The fourth-order valence-corrected chi connectivity index (χ4v) is 8.99. The summed E-state index contributed by atoms with van der Waals surface area (Å²) in [6.07, 6.45) is 5.61. The number of hydrogen-bond donors (Lipinski definition) is 0. The van der Waals surface area contributed by atoms with Crippen LogP contribution in [0.5, 0.6) is 0 Å². The molecule has 7 rings (SSSR count). The van der Waals surface area contributed by atoms with Gasteiger partial charge in [-0.25, -0.2) is 0 Å². The highest BCUT2D eigenvalue weighted by molar-refractivity contribution is 6.11. The van der Waals surface area contributed by atoms with Crippen molar-refractivity contribution in [2.75, 3.05) is 11.4 Å². The minimum absolute atomic E-state index is 0.239. The molecule has 3 saturated heterocycles. The third-order valence-corrected chi connectivity index (χ3v) is 10.9. The zero-order chi connectivity index (χ0) is 26.5. The fourth-order valence-electron chi connectivity index (χ4n) is 8.99. The zero-order valence-corrected chi connectivity index (χ0v) is 23.5. The molecule has 4 fully saturated rings. The summed E-state index contributed by atoms with van der Waals surface area (Å²) in [6, 6.07) is 18.0. The van der Waals surface area contributed by atoms with Crippen molar-refractivity contribution in [2.45, 2.75) is 102 Å². The molecular formula is C34H40N2O2. The van der Waals surface area contributed by atoms with E-state index in [-0.39, 0.29) is 28.4 Å². The van der Waals surface area contributed by atoms with Crippen molar-refractivity contribution in [1.29, 1.82) is 0 Å². The Morgan fingerprint density at radius 3 is 2.63 bits per heavy atom. The molecule has 0 aromatic heterocycles. The molecule has 4 nitrogen and oxygen atoms in total. The third-order valence-electron chi connectivity index (χ3n) is 10.9. The van der Waals surface area contributed by atoms with Gasteiger partial charge in [-0.05, 0) is 49.8 Å². The van der Waals surface area contributed by atoms with E-state index in [1.165, 1.54) is 24.8 Å². The number of amides is 1. The lowest BCUT2D eigenvalue weighted by Gasteiger charge is -2.48. The molecule has 4 heterocycles. The van der Waals surface area contributed by atoms with Crippen LogP contribution in [0.4, 0.5) is 5.69 Å². The molecule has 4 aliphatic heterocycles. The van der Waals surface area contributed by atoms with E-state index in [1.807, 2.05) is 6.07 Å². The number of fused-ring (bicyclic) bond motifs is 3. The normalized spacial score (nSPS) is 36.4. The van der Waals surface area contributed by atoms with Gasteiger partial charge in [-0.15, -0.1) is 0 Å². The van der Waals surface area contributed by atoms with Gasteiger partial charge >= 0.3 is 0 Å². The van der Waals surface area contributed by atoms with Crippen molar-refractivity contribution >= 4 is 11.6 Å². The molecule has 0 unspecified atom stereocenters. The molecule has 2 aromatic carbocycles.